The van der Waals surface area contributed by atoms with Crippen LogP contribution >= 0.6 is 22.9 Å². The van der Waals surface area contributed by atoms with E-state index in [2.05, 4.69) is 5.32 Å². The van der Waals surface area contributed by atoms with E-state index in [1.807, 2.05) is 19.9 Å². The van der Waals surface area contributed by atoms with Gasteiger partial charge in [-0.15, -0.1) is 0 Å². The summed E-state index contributed by atoms with van der Waals surface area (Å²) in [6, 6.07) is 11.5. The number of rotatable bonds is 5. The number of hydrogen-bond donors (Lipinski definition) is 1. The Morgan fingerprint density at radius 3 is 2.59 bits per heavy atom. The second-order valence-corrected chi connectivity index (χ2v) is 11.5. The molecule has 1 aliphatic rings. The molecule has 1 N–H and O–H groups in total. The second kappa shape index (κ2) is 8.97. The minimum absolute atomic E-state index is 0.0335. The van der Waals surface area contributed by atoms with Gasteiger partial charge in [-0.2, -0.15) is 4.31 Å². The molecule has 0 spiro atoms. The number of piperidine rings is 1. The highest BCUT2D eigenvalue weighted by Gasteiger charge is 2.33. The average molecular weight is 494 g/mol. The Hall–Kier alpha value is -2.20. The van der Waals surface area contributed by atoms with Crippen molar-refractivity contribution in [2.45, 2.75) is 37.6 Å². The number of hydrogen-bond acceptors (Lipinski definition) is 5. The molecule has 32 heavy (non-hydrogen) atoms. The predicted octanol–water partition coefficient (Wildman–Crippen LogP) is 4.34. The molecule has 4 rings (SSSR count). The third kappa shape index (κ3) is 4.47. The number of aromatic nitrogens is 1. The fourth-order valence-electron chi connectivity index (χ4n) is 3.98. The third-order valence-corrected chi connectivity index (χ3v) is 8.65. The Morgan fingerprint density at radius 2 is 1.91 bits per heavy atom. The van der Waals surface area contributed by atoms with Gasteiger partial charge in [0.2, 0.25) is 15.9 Å². The highest BCUT2D eigenvalue weighted by Crippen LogP contribution is 2.27. The van der Waals surface area contributed by atoms with Gasteiger partial charge in [-0.05, 0) is 69.2 Å². The lowest BCUT2D eigenvalue weighted by Gasteiger charge is -2.31. The molecule has 170 valence electrons. The van der Waals surface area contributed by atoms with Crippen LogP contribution in [0.4, 0.5) is 5.69 Å². The summed E-state index contributed by atoms with van der Waals surface area (Å²) in [5.41, 5.74) is 1.43. The van der Waals surface area contributed by atoms with Crippen LogP contribution in [0.25, 0.3) is 10.2 Å². The van der Waals surface area contributed by atoms with Crippen molar-refractivity contribution in [2.24, 2.45) is 5.92 Å². The van der Waals surface area contributed by atoms with Crippen molar-refractivity contribution in [3.8, 4) is 0 Å². The molecule has 0 bridgehead atoms. The summed E-state index contributed by atoms with van der Waals surface area (Å²) >= 11 is 7.02. The van der Waals surface area contributed by atoms with Gasteiger partial charge < -0.3 is 5.32 Å². The number of carbonyl (C=O) groups is 1. The van der Waals surface area contributed by atoms with Crippen LogP contribution in [0.3, 0.4) is 0 Å². The zero-order chi connectivity index (χ0) is 23.0. The first-order valence-corrected chi connectivity index (χ1v) is 13.0. The highest BCUT2D eigenvalue weighted by molar-refractivity contribution is 7.89. The number of nitrogens with zero attached hydrogens (tertiary/aromatic N) is 2. The van der Waals surface area contributed by atoms with Crippen molar-refractivity contribution in [1.29, 1.82) is 0 Å². The summed E-state index contributed by atoms with van der Waals surface area (Å²) in [7, 11) is -3.70. The molecule has 2 aromatic carbocycles. The number of thiazole rings is 1. The largest absolute Gasteiger partial charge is 0.326 e. The maximum absolute atomic E-state index is 13.0. The molecule has 1 amide bonds. The molecular weight excluding hydrogens is 470 g/mol. The molecule has 2 heterocycles. The van der Waals surface area contributed by atoms with E-state index in [1.54, 1.807) is 28.8 Å². The monoisotopic (exact) mass is 493 g/mol. The van der Waals surface area contributed by atoms with Crippen LogP contribution in [-0.2, 0) is 14.8 Å². The summed E-state index contributed by atoms with van der Waals surface area (Å²) in [5, 5.41) is 3.36. The third-order valence-electron chi connectivity index (χ3n) is 5.60. The second-order valence-electron chi connectivity index (χ2n) is 8.16. The predicted molar refractivity (Wildman–Crippen MR) is 128 cm³/mol. The number of amides is 1. The zero-order valence-electron chi connectivity index (χ0n) is 17.7. The standard InChI is InChI=1S/C22H24ClN3O4S2/c1-14(2)26-19-10-7-17(12-20(19)31-22(26)28)24-21(27)15-4-3-11-25(13-15)32(29,30)18-8-5-16(23)6-9-18/h5-10,12,14-15H,3-4,11,13H2,1-2H3,(H,24,27)/t15-/m1/s1. The minimum atomic E-state index is -3.70. The van der Waals surface area contributed by atoms with Crippen molar-refractivity contribution in [2.75, 3.05) is 18.4 Å². The van der Waals surface area contributed by atoms with Crippen molar-refractivity contribution < 1.29 is 13.2 Å². The SMILES string of the molecule is CC(C)n1c(=O)sc2cc(NC(=O)[C@@H]3CCCN(S(=O)(=O)c4ccc(Cl)cc4)C3)ccc21. The van der Waals surface area contributed by atoms with Crippen LogP contribution in [0.15, 0.2) is 52.2 Å². The lowest BCUT2D eigenvalue weighted by Crippen LogP contribution is -2.43. The Labute approximate surface area is 195 Å². The molecule has 10 heteroatoms. The van der Waals surface area contributed by atoms with Gasteiger partial charge in [-0.25, -0.2) is 8.42 Å². The Kier molecular flexibility index (Phi) is 6.44. The lowest BCUT2D eigenvalue weighted by atomic mass is 9.98. The molecule has 7 nitrogen and oxygen atoms in total. The lowest BCUT2D eigenvalue weighted by molar-refractivity contribution is -0.120. The van der Waals surface area contributed by atoms with Crippen molar-refractivity contribution in [3.05, 3.63) is 57.2 Å². The van der Waals surface area contributed by atoms with Crippen LogP contribution in [0.2, 0.25) is 5.02 Å². The van der Waals surface area contributed by atoms with Gasteiger partial charge in [0.1, 0.15) is 0 Å². The molecule has 1 aromatic heterocycles. The number of sulfonamides is 1. The topological polar surface area (TPSA) is 88.5 Å². The van der Waals surface area contributed by atoms with Gasteiger partial charge in [0.25, 0.3) is 0 Å². The number of nitrogens with one attached hydrogen (secondary N) is 1. The quantitative estimate of drug-likeness (QED) is 0.572. The van der Waals surface area contributed by atoms with E-state index in [-0.39, 0.29) is 28.3 Å². The van der Waals surface area contributed by atoms with Gasteiger partial charge in [-0.1, -0.05) is 22.9 Å². The summed E-state index contributed by atoms with van der Waals surface area (Å²) < 4.78 is 29.9. The number of benzene rings is 2. The summed E-state index contributed by atoms with van der Waals surface area (Å²) in [5.74, 6) is -0.684. The molecule has 0 unspecified atom stereocenters. The molecule has 1 aliphatic heterocycles. The smallest absolute Gasteiger partial charge is 0.308 e. The van der Waals surface area contributed by atoms with E-state index in [0.29, 0.717) is 30.1 Å². The highest BCUT2D eigenvalue weighted by atomic mass is 35.5. The molecule has 3 aromatic rings. The summed E-state index contributed by atoms with van der Waals surface area (Å²) in [6.07, 6.45) is 1.21. The Balaban J connectivity index is 1.50. The van der Waals surface area contributed by atoms with Crippen LogP contribution in [0.1, 0.15) is 32.7 Å². The first kappa shape index (κ1) is 23.0. The van der Waals surface area contributed by atoms with E-state index in [0.717, 1.165) is 21.6 Å². The first-order valence-electron chi connectivity index (χ1n) is 10.4. The fourth-order valence-corrected chi connectivity index (χ4v) is 6.68. The van der Waals surface area contributed by atoms with Crippen LogP contribution in [0.5, 0.6) is 0 Å². The summed E-state index contributed by atoms with van der Waals surface area (Å²) in [4.78, 5) is 25.3. The number of anilines is 1. The van der Waals surface area contributed by atoms with E-state index in [9.17, 15) is 18.0 Å². The summed E-state index contributed by atoms with van der Waals surface area (Å²) in [6.45, 7) is 4.40. The first-order chi connectivity index (χ1) is 15.2. The molecule has 0 saturated carbocycles. The molecule has 1 fully saturated rings. The van der Waals surface area contributed by atoms with Gasteiger partial charge in [0, 0.05) is 29.8 Å². The van der Waals surface area contributed by atoms with Crippen molar-refractivity contribution in [3.63, 3.8) is 0 Å². The molecule has 0 aliphatic carbocycles. The van der Waals surface area contributed by atoms with Gasteiger partial charge in [0.05, 0.1) is 21.0 Å². The number of halogens is 1. The maximum atomic E-state index is 13.0. The van der Waals surface area contributed by atoms with Gasteiger partial charge in [0.15, 0.2) is 0 Å². The number of carbonyl (C=O) groups excluding carboxylic acids is 1. The van der Waals surface area contributed by atoms with Crippen molar-refractivity contribution in [1.82, 2.24) is 8.87 Å². The minimum Gasteiger partial charge on any atom is -0.326 e. The van der Waals surface area contributed by atoms with Crippen molar-refractivity contribution >= 4 is 54.8 Å². The zero-order valence-corrected chi connectivity index (χ0v) is 20.1. The molecule has 0 radical (unpaired) electrons. The maximum Gasteiger partial charge on any atom is 0.308 e. The normalized spacial score (nSPS) is 17.7. The Bertz CT molecular complexity index is 1310. The van der Waals surface area contributed by atoms with Crippen LogP contribution < -0.4 is 10.2 Å². The Morgan fingerprint density at radius 1 is 1.19 bits per heavy atom. The van der Waals surface area contributed by atoms with Crippen LogP contribution in [-0.4, -0.2) is 36.3 Å². The van der Waals surface area contributed by atoms with E-state index in [1.165, 1.54) is 16.4 Å². The molecular formula is C22H24ClN3O4S2. The van der Waals surface area contributed by atoms with E-state index in [4.69, 9.17) is 11.6 Å². The number of fused-ring (bicyclic) bond motifs is 1. The fraction of sp³-hybridized carbons (Fsp3) is 0.364. The van der Waals surface area contributed by atoms with Gasteiger partial charge in [-0.3, -0.25) is 14.2 Å². The molecule has 1 atom stereocenters. The van der Waals surface area contributed by atoms with E-state index < -0.39 is 15.9 Å². The van der Waals surface area contributed by atoms with Crippen LogP contribution in [0, 0.1) is 5.92 Å². The average Bonchev–Trinajstić information content (AvgIpc) is 3.09. The van der Waals surface area contributed by atoms with Gasteiger partial charge >= 0.3 is 4.87 Å². The van der Waals surface area contributed by atoms with E-state index >= 15 is 0 Å². The molecule has 1 saturated heterocycles.